The van der Waals surface area contributed by atoms with Gasteiger partial charge in [-0.2, -0.15) is 0 Å². The smallest absolute Gasteiger partial charge is 0.328 e. The molecule has 0 aliphatic carbocycles. The second kappa shape index (κ2) is 9.07. The van der Waals surface area contributed by atoms with Gasteiger partial charge in [0, 0.05) is 19.6 Å². The second-order valence-corrected chi connectivity index (χ2v) is 5.00. The molecule has 5 heteroatoms. The van der Waals surface area contributed by atoms with Crippen molar-refractivity contribution in [2.75, 3.05) is 19.7 Å². The van der Waals surface area contributed by atoms with Gasteiger partial charge in [0.05, 0.1) is 6.61 Å². The van der Waals surface area contributed by atoms with Crippen molar-refractivity contribution in [2.24, 2.45) is 0 Å². The van der Waals surface area contributed by atoms with Crippen molar-refractivity contribution >= 4 is 12.0 Å². The lowest BCUT2D eigenvalue weighted by atomic mass is 10.2. The Morgan fingerprint density at radius 3 is 2.18 bits per heavy atom. The van der Waals surface area contributed by atoms with Crippen molar-refractivity contribution in [3.8, 4) is 0 Å². The highest BCUT2D eigenvalue weighted by Gasteiger charge is 2.29. The molecule has 1 atom stereocenters. The summed E-state index contributed by atoms with van der Waals surface area (Å²) in [5, 5.41) is 0. The molecule has 2 amide bonds. The van der Waals surface area contributed by atoms with E-state index in [9.17, 15) is 9.59 Å². The Hall–Kier alpha value is -2.04. The van der Waals surface area contributed by atoms with E-state index >= 15 is 0 Å². The molecule has 0 spiro atoms. The number of carbonyl (C=O) groups is 2. The van der Waals surface area contributed by atoms with Gasteiger partial charge in [0.2, 0.25) is 0 Å². The summed E-state index contributed by atoms with van der Waals surface area (Å²) in [4.78, 5) is 28.0. The first-order chi connectivity index (χ1) is 10.5. The Morgan fingerprint density at radius 1 is 1.09 bits per heavy atom. The van der Waals surface area contributed by atoms with Crippen molar-refractivity contribution in [2.45, 2.75) is 40.3 Å². The Labute approximate surface area is 132 Å². The zero-order valence-electron chi connectivity index (χ0n) is 13.9. The SMILES string of the molecule is CCOC(=O)C(C)N(Cc1ccccc1)C(=O)N(CC)CC. The summed E-state index contributed by atoms with van der Waals surface area (Å²) in [5.41, 5.74) is 0.985. The van der Waals surface area contributed by atoms with Crippen LogP contribution >= 0.6 is 0 Å². The van der Waals surface area contributed by atoms with E-state index in [4.69, 9.17) is 4.74 Å². The first-order valence-corrected chi connectivity index (χ1v) is 7.81. The summed E-state index contributed by atoms with van der Waals surface area (Å²) in [6, 6.07) is 8.90. The highest BCUT2D eigenvalue weighted by molar-refractivity contribution is 5.83. The fourth-order valence-corrected chi connectivity index (χ4v) is 2.22. The number of rotatable bonds is 7. The molecule has 5 nitrogen and oxygen atoms in total. The van der Waals surface area contributed by atoms with Crippen molar-refractivity contribution in [3.05, 3.63) is 35.9 Å². The lowest BCUT2D eigenvalue weighted by molar-refractivity contribution is -0.148. The van der Waals surface area contributed by atoms with Gasteiger partial charge in [-0.15, -0.1) is 0 Å². The van der Waals surface area contributed by atoms with Crippen molar-refractivity contribution in [1.82, 2.24) is 9.80 Å². The molecule has 1 aromatic carbocycles. The van der Waals surface area contributed by atoms with Crippen LogP contribution in [0.25, 0.3) is 0 Å². The van der Waals surface area contributed by atoms with E-state index in [0.717, 1.165) is 5.56 Å². The number of ether oxygens (including phenoxy) is 1. The van der Waals surface area contributed by atoms with Crippen LogP contribution < -0.4 is 0 Å². The Balaban J connectivity index is 2.98. The zero-order chi connectivity index (χ0) is 16.5. The predicted molar refractivity (Wildman–Crippen MR) is 86.4 cm³/mol. The summed E-state index contributed by atoms with van der Waals surface area (Å²) in [6.07, 6.45) is 0. The van der Waals surface area contributed by atoms with Crippen LogP contribution in [0.3, 0.4) is 0 Å². The van der Waals surface area contributed by atoms with Crippen LogP contribution in [-0.4, -0.2) is 47.5 Å². The first-order valence-electron chi connectivity index (χ1n) is 7.81. The summed E-state index contributed by atoms with van der Waals surface area (Å²) < 4.78 is 5.07. The van der Waals surface area contributed by atoms with E-state index in [1.165, 1.54) is 0 Å². The van der Waals surface area contributed by atoms with Gasteiger partial charge in [-0.25, -0.2) is 9.59 Å². The third-order valence-corrected chi connectivity index (χ3v) is 3.57. The monoisotopic (exact) mass is 306 g/mol. The summed E-state index contributed by atoms with van der Waals surface area (Å²) in [7, 11) is 0. The molecule has 0 saturated heterocycles. The van der Waals surface area contributed by atoms with Crippen LogP contribution in [0.5, 0.6) is 0 Å². The largest absolute Gasteiger partial charge is 0.464 e. The molecule has 0 heterocycles. The first kappa shape index (κ1) is 18.0. The van der Waals surface area contributed by atoms with E-state index in [1.54, 1.807) is 23.6 Å². The van der Waals surface area contributed by atoms with Crippen LogP contribution in [0, 0.1) is 0 Å². The summed E-state index contributed by atoms with van der Waals surface area (Å²) in [5.74, 6) is -0.376. The maximum Gasteiger partial charge on any atom is 0.328 e. The Morgan fingerprint density at radius 2 is 1.68 bits per heavy atom. The maximum atomic E-state index is 12.7. The maximum absolute atomic E-state index is 12.7. The fourth-order valence-electron chi connectivity index (χ4n) is 2.22. The lowest BCUT2D eigenvalue weighted by Crippen LogP contribution is -2.49. The molecule has 1 rings (SSSR count). The number of benzene rings is 1. The fraction of sp³-hybridized carbons (Fsp3) is 0.529. The van der Waals surface area contributed by atoms with Gasteiger partial charge in [0.15, 0.2) is 0 Å². The minimum atomic E-state index is -0.617. The van der Waals surface area contributed by atoms with E-state index in [2.05, 4.69) is 0 Å². The molecule has 0 radical (unpaired) electrons. The van der Waals surface area contributed by atoms with Crippen LogP contribution in [0.15, 0.2) is 30.3 Å². The number of hydrogen-bond acceptors (Lipinski definition) is 3. The average Bonchev–Trinajstić information content (AvgIpc) is 2.54. The van der Waals surface area contributed by atoms with Gasteiger partial charge in [0.1, 0.15) is 6.04 Å². The molecular formula is C17H26N2O3. The summed E-state index contributed by atoms with van der Waals surface area (Å²) >= 11 is 0. The van der Waals surface area contributed by atoms with Gasteiger partial charge < -0.3 is 14.5 Å². The van der Waals surface area contributed by atoms with Crippen molar-refractivity contribution < 1.29 is 14.3 Å². The Bertz CT molecular complexity index is 472. The molecule has 0 fully saturated rings. The molecule has 0 N–H and O–H groups in total. The van der Waals surface area contributed by atoms with Gasteiger partial charge >= 0.3 is 12.0 Å². The number of amides is 2. The highest BCUT2D eigenvalue weighted by Crippen LogP contribution is 2.13. The molecule has 0 aliphatic heterocycles. The van der Waals surface area contributed by atoms with Gasteiger partial charge in [0.25, 0.3) is 0 Å². The third kappa shape index (κ3) is 4.76. The van der Waals surface area contributed by atoms with Crippen molar-refractivity contribution in [1.29, 1.82) is 0 Å². The van der Waals surface area contributed by atoms with Crippen LogP contribution in [-0.2, 0) is 16.1 Å². The molecule has 0 bridgehead atoms. The number of urea groups is 1. The molecular weight excluding hydrogens is 280 g/mol. The molecule has 1 unspecified atom stereocenters. The number of carbonyl (C=O) groups excluding carboxylic acids is 2. The lowest BCUT2D eigenvalue weighted by Gasteiger charge is -2.32. The Kier molecular flexibility index (Phi) is 7.43. The normalized spacial score (nSPS) is 11.6. The van der Waals surface area contributed by atoms with Gasteiger partial charge in [-0.1, -0.05) is 30.3 Å². The number of hydrogen-bond donors (Lipinski definition) is 0. The van der Waals surface area contributed by atoms with E-state index < -0.39 is 6.04 Å². The van der Waals surface area contributed by atoms with Crippen LogP contribution in [0.2, 0.25) is 0 Å². The van der Waals surface area contributed by atoms with E-state index in [0.29, 0.717) is 26.2 Å². The standard InChI is InChI=1S/C17H26N2O3/c1-5-18(6-2)17(21)19(14(4)16(20)22-7-3)13-15-11-9-8-10-12-15/h8-12,14H,5-7,13H2,1-4H3. The second-order valence-electron chi connectivity index (χ2n) is 5.00. The average molecular weight is 306 g/mol. The minimum Gasteiger partial charge on any atom is -0.464 e. The summed E-state index contributed by atoms with van der Waals surface area (Å²) in [6.45, 7) is 9.24. The van der Waals surface area contributed by atoms with E-state index in [1.807, 2.05) is 44.2 Å². The van der Waals surface area contributed by atoms with E-state index in [-0.39, 0.29) is 12.0 Å². The molecule has 0 aliphatic rings. The molecule has 122 valence electrons. The van der Waals surface area contributed by atoms with Crippen LogP contribution in [0.1, 0.15) is 33.3 Å². The molecule has 22 heavy (non-hydrogen) atoms. The molecule has 0 aromatic heterocycles. The topological polar surface area (TPSA) is 49.9 Å². The molecule has 0 saturated carbocycles. The predicted octanol–water partition coefficient (Wildman–Crippen LogP) is 2.90. The third-order valence-electron chi connectivity index (χ3n) is 3.57. The number of esters is 1. The number of nitrogens with zero attached hydrogens (tertiary/aromatic N) is 2. The highest BCUT2D eigenvalue weighted by atomic mass is 16.5. The van der Waals surface area contributed by atoms with Crippen molar-refractivity contribution in [3.63, 3.8) is 0 Å². The quantitative estimate of drug-likeness (QED) is 0.728. The molecule has 1 aromatic rings. The zero-order valence-corrected chi connectivity index (χ0v) is 13.9. The van der Waals surface area contributed by atoms with Gasteiger partial charge in [-0.05, 0) is 33.3 Å². The minimum absolute atomic E-state index is 0.144. The van der Waals surface area contributed by atoms with Crippen LogP contribution in [0.4, 0.5) is 4.79 Å². The van der Waals surface area contributed by atoms with Gasteiger partial charge in [-0.3, -0.25) is 0 Å².